The van der Waals surface area contributed by atoms with Gasteiger partial charge in [-0.3, -0.25) is 4.79 Å². The third-order valence-electron chi connectivity index (χ3n) is 4.35. The second-order valence-electron chi connectivity index (χ2n) is 6.36. The van der Waals surface area contributed by atoms with Crippen molar-refractivity contribution in [3.05, 3.63) is 64.4 Å². The Morgan fingerprint density at radius 1 is 1.27 bits per heavy atom. The molecule has 0 atom stereocenters. The molecule has 2 heterocycles. The van der Waals surface area contributed by atoms with Crippen LogP contribution in [0.25, 0.3) is 21.6 Å². The van der Waals surface area contributed by atoms with Crippen molar-refractivity contribution < 1.29 is 9.53 Å². The Morgan fingerprint density at radius 2 is 2.13 bits per heavy atom. The zero-order valence-corrected chi connectivity index (χ0v) is 18.7. The number of carbonyl (C=O) groups excluding carboxylic acids is 1. The molecule has 0 aliphatic heterocycles. The van der Waals surface area contributed by atoms with E-state index in [9.17, 15) is 4.79 Å². The van der Waals surface area contributed by atoms with Gasteiger partial charge in [0.05, 0.1) is 7.11 Å². The maximum Gasteiger partial charge on any atom is 0.248 e. The number of aromatic nitrogens is 4. The fourth-order valence-corrected chi connectivity index (χ4v) is 4.14. The maximum absolute atomic E-state index is 12.4. The summed E-state index contributed by atoms with van der Waals surface area (Å²) in [6, 6.07) is 13.2. The predicted octanol–water partition coefficient (Wildman–Crippen LogP) is 4.84. The average Bonchev–Trinajstić information content (AvgIpc) is 3.33. The quantitative estimate of drug-likeness (QED) is 0.396. The SMILES string of the molecule is CCc1nnc2sc(-c3cccc(NC(=O)/C=C/c4cc(Br)ccc4OC)c3)nn12. The number of fused-ring (bicyclic) bond motifs is 1. The molecule has 1 N–H and O–H groups in total. The standard InChI is InChI=1S/C21H18BrN5O2S/c1-3-18-24-25-21-27(18)26-20(30-21)14-5-4-6-16(12-14)23-19(28)10-7-13-11-15(22)8-9-17(13)29-2/h4-12H,3H2,1-2H3,(H,23,28)/b10-7+. The number of hydrogen-bond donors (Lipinski definition) is 1. The van der Waals surface area contributed by atoms with Gasteiger partial charge >= 0.3 is 0 Å². The minimum absolute atomic E-state index is 0.236. The van der Waals surface area contributed by atoms with Gasteiger partial charge in [-0.1, -0.05) is 46.3 Å². The summed E-state index contributed by atoms with van der Waals surface area (Å²) in [6.07, 6.45) is 3.96. The molecule has 4 aromatic rings. The van der Waals surface area contributed by atoms with Crippen molar-refractivity contribution in [1.82, 2.24) is 19.8 Å². The van der Waals surface area contributed by atoms with Gasteiger partial charge in [-0.25, -0.2) is 0 Å². The van der Waals surface area contributed by atoms with Gasteiger partial charge in [-0.15, -0.1) is 10.2 Å². The second-order valence-corrected chi connectivity index (χ2v) is 8.23. The molecule has 2 aromatic carbocycles. The Kier molecular flexibility index (Phi) is 5.91. The number of nitrogens with one attached hydrogen (secondary N) is 1. The van der Waals surface area contributed by atoms with E-state index in [1.54, 1.807) is 17.7 Å². The number of benzene rings is 2. The summed E-state index contributed by atoms with van der Waals surface area (Å²) in [5.41, 5.74) is 2.40. The Labute approximate surface area is 185 Å². The minimum Gasteiger partial charge on any atom is -0.496 e. The van der Waals surface area contributed by atoms with E-state index in [2.05, 4.69) is 36.5 Å². The lowest BCUT2D eigenvalue weighted by Gasteiger charge is -2.06. The highest BCUT2D eigenvalue weighted by Gasteiger charge is 2.12. The predicted molar refractivity (Wildman–Crippen MR) is 122 cm³/mol. The van der Waals surface area contributed by atoms with Gasteiger partial charge in [-0.2, -0.15) is 9.61 Å². The number of ether oxygens (including phenoxy) is 1. The van der Waals surface area contributed by atoms with Gasteiger partial charge < -0.3 is 10.1 Å². The summed E-state index contributed by atoms with van der Waals surface area (Å²) in [6.45, 7) is 2.02. The number of halogens is 1. The molecule has 7 nitrogen and oxygen atoms in total. The van der Waals surface area contributed by atoms with Gasteiger partial charge in [0, 0.05) is 33.8 Å². The smallest absolute Gasteiger partial charge is 0.248 e. The first kappa shape index (κ1) is 20.2. The zero-order valence-electron chi connectivity index (χ0n) is 16.3. The summed E-state index contributed by atoms with van der Waals surface area (Å²) in [5.74, 6) is 1.28. The van der Waals surface area contributed by atoms with Crippen LogP contribution in [0.5, 0.6) is 5.75 Å². The highest BCUT2D eigenvalue weighted by atomic mass is 79.9. The molecule has 152 valence electrons. The molecule has 30 heavy (non-hydrogen) atoms. The molecule has 1 amide bonds. The number of carbonyl (C=O) groups is 1. The molecule has 0 bridgehead atoms. The van der Waals surface area contributed by atoms with Crippen LogP contribution in [-0.2, 0) is 11.2 Å². The maximum atomic E-state index is 12.4. The highest BCUT2D eigenvalue weighted by Crippen LogP contribution is 2.28. The van der Waals surface area contributed by atoms with Crippen LogP contribution in [0.3, 0.4) is 0 Å². The minimum atomic E-state index is -0.236. The topological polar surface area (TPSA) is 81.4 Å². The van der Waals surface area contributed by atoms with E-state index in [1.165, 1.54) is 17.4 Å². The first-order chi connectivity index (χ1) is 14.6. The monoisotopic (exact) mass is 483 g/mol. The van der Waals surface area contributed by atoms with Crippen LogP contribution < -0.4 is 10.1 Å². The molecule has 0 spiro atoms. The van der Waals surface area contributed by atoms with E-state index in [1.807, 2.05) is 49.4 Å². The van der Waals surface area contributed by atoms with Crippen molar-refractivity contribution in [2.45, 2.75) is 13.3 Å². The van der Waals surface area contributed by atoms with Crippen LogP contribution in [-0.4, -0.2) is 32.8 Å². The van der Waals surface area contributed by atoms with Crippen molar-refractivity contribution in [2.24, 2.45) is 0 Å². The van der Waals surface area contributed by atoms with Gasteiger partial charge in [0.25, 0.3) is 0 Å². The summed E-state index contributed by atoms with van der Waals surface area (Å²) < 4.78 is 8.00. The van der Waals surface area contributed by atoms with Crippen LogP contribution in [0.1, 0.15) is 18.3 Å². The highest BCUT2D eigenvalue weighted by molar-refractivity contribution is 9.10. The van der Waals surface area contributed by atoms with Gasteiger partial charge in [0.15, 0.2) is 5.82 Å². The Bertz CT molecular complexity index is 1250. The van der Waals surface area contributed by atoms with E-state index in [0.29, 0.717) is 11.4 Å². The molecular formula is C21H18BrN5O2S. The average molecular weight is 484 g/mol. The third-order valence-corrected chi connectivity index (χ3v) is 5.80. The van der Waals surface area contributed by atoms with Crippen molar-refractivity contribution in [2.75, 3.05) is 12.4 Å². The van der Waals surface area contributed by atoms with Crippen LogP contribution in [0, 0.1) is 0 Å². The van der Waals surface area contributed by atoms with Crippen molar-refractivity contribution >= 4 is 49.9 Å². The molecular weight excluding hydrogens is 466 g/mol. The fraction of sp³-hybridized carbons (Fsp3) is 0.143. The second kappa shape index (κ2) is 8.76. The van der Waals surface area contributed by atoms with Gasteiger partial charge in [0.2, 0.25) is 10.9 Å². The van der Waals surface area contributed by atoms with E-state index < -0.39 is 0 Å². The number of aryl methyl sites for hydroxylation is 1. The lowest BCUT2D eigenvalue weighted by Crippen LogP contribution is -2.07. The molecule has 0 unspecified atom stereocenters. The number of amides is 1. The van der Waals surface area contributed by atoms with Gasteiger partial charge in [-0.05, 0) is 36.4 Å². The first-order valence-corrected chi connectivity index (χ1v) is 10.8. The third kappa shape index (κ3) is 4.27. The number of anilines is 1. The molecule has 0 aliphatic rings. The summed E-state index contributed by atoms with van der Waals surface area (Å²) in [7, 11) is 1.60. The molecule has 0 radical (unpaired) electrons. The number of rotatable bonds is 6. The number of methoxy groups -OCH3 is 1. The molecule has 0 saturated heterocycles. The Morgan fingerprint density at radius 3 is 2.93 bits per heavy atom. The van der Waals surface area contributed by atoms with Crippen molar-refractivity contribution in [3.8, 4) is 16.3 Å². The van der Waals surface area contributed by atoms with Crippen molar-refractivity contribution in [3.63, 3.8) is 0 Å². The van der Waals surface area contributed by atoms with E-state index >= 15 is 0 Å². The van der Waals surface area contributed by atoms with Crippen molar-refractivity contribution in [1.29, 1.82) is 0 Å². The first-order valence-electron chi connectivity index (χ1n) is 9.21. The molecule has 0 aliphatic carbocycles. The number of nitrogens with zero attached hydrogens (tertiary/aromatic N) is 4. The Hall–Kier alpha value is -3.04. The molecule has 4 rings (SSSR count). The zero-order chi connectivity index (χ0) is 21.1. The summed E-state index contributed by atoms with van der Waals surface area (Å²) >= 11 is 4.89. The molecule has 0 fully saturated rings. The summed E-state index contributed by atoms with van der Waals surface area (Å²) in [4.78, 5) is 13.2. The largest absolute Gasteiger partial charge is 0.496 e. The van der Waals surface area contributed by atoms with Crippen LogP contribution in [0.2, 0.25) is 0 Å². The Balaban J connectivity index is 1.52. The molecule has 2 aromatic heterocycles. The van der Waals surface area contributed by atoms with Crippen LogP contribution >= 0.6 is 27.3 Å². The lowest BCUT2D eigenvalue weighted by molar-refractivity contribution is -0.111. The molecule has 9 heteroatoms. The van der Waals surface area contributed by atoms with E-state index in [0.717, 1.165) is 37.8 Å². The van der Waals surface area contributed by atoms with Crippen LogP contribution in [0.15, 0.2) is 53.0 Å². The van der Waals surface area contributed by atoms with Gasteiger partial charge in [0.1, 0.15) is 10.8 Å². The lowest BCUT2D eigenvalue weighted by atomic mass is 10.2. The fourth-order valence-electron chi connectivity index (χ4n) is 2.91. The number of hydrogen-bond acceptors (Lipinski definition) is 6. The summed E-state index contributed by atoms with van der Waals surface area (Å²) in [5, 5.41) is 16.6. The van der Waals surface area contributed by atoms with E-state index in [-0.39, 0.29) is 5.91 Å². The van der Waals surface area contributed by atoms with Crippen LogP contribution in [0.4, 0.5) is 5.69 Å². The molecule has 0 saturated carbocycles. The normalized spacial score (nSPS) is 11.3. The van der Waals surface area contributed by atoms with E-state index in [4.69, 9.17) is 4.74 Å².